The minimum atomic E-state index is -3.10. The van der Waals surface area contributed by atoms with Crippen molar-refractivity contribution < 1.29 is 8.42 Å². The Morgan fingerprint density at radius 3 is 2.44 bits per heavy atom. The van der Waals surface area contributed by atoms with E-state index in [0.29, 0.717) is 17.9 Å². The second-order valence-corrected chi connectivity index (χ2v) is 5.59. The van der Waals surface area contributed by atoms with Gasteiger partial charge in [-0.25, -0.2) is 8.42 Å². The Morgan fingerprint density at radius 1 is 1.31 bits per heavy atom. The number of sulfone groups is 1. The monoisotopic (exact) mass is 237 g/mol. The van der Waals surface area contributed by atoms with E-state index in [9.17, 15) is 8.42 Å². The molecule has 0 fully saturated rings. The summed E-state index contributed by atoms with van der Waals surface area (Å²) < 4.78 is 23.1. The summed E-state index contributed by atoms with van der Waals surface area (Å²) >= 11 is 0. The quantitative estimate of drug-likeness (QED) is 0.628. The smallest absolute Gasteiger partial charge is 0.178 e. The normalized spacial score (nSPS) is 10.8. The molecule has 0 bridgehead atoms. The van der Waals surface area contributed by atoms with Crippen molar-refractivity contribution in [2.75, 3.05) is 17.6 Å². The molecule has 0 amide bonds. The third-order valence-electron chi connectivity index (χ3n) is 2.19. The van der Waals surface area contributed by atoms with Gasteiger partial charge in [-0.15, -0.1) is 12.3 Å². The minimum absolute atomic E-state index is 0.122. The van der Waals surface area contributed by atoms with Crippen molar-refractivity contribution in [1.82, 2.24) is 0 Å². The van der Waals surface area contributed by atoms with E-state index in [4.69, 9.17) is 6.42 Å². The zero-order valence-corrected chi connectivity index (χ0v) is 10.0. The molecule has 86 valence electrons. The molecule has 0 saturated heterocycles. The number of anilines is 1. The predicted molar refractivity (Wildman–Crippen MR) is 66.1 cm³/mol. The minimum Gasteiger partial charge on any atom is -0.384 e. The first-order valence-corrected chi connectivity index (χ1v) is 6.75. The van der Waals surface area contributed by atoms with Gasteiger partial charge in [-0.3, -0.25) is 0 Å². The van der Waals surface area contributed by atoms with Crippen LogP contribution in [0.3, 0.4) is 0 Å². The van der Waals surface area contributed by atoms with Crippen molar-refractivity contribution in [3.63, 3.8) is 0 Å². The zero-order chi connectivity index (χ0) is 12.0. The summed E-state index contributed by atoms with van der Waals surface area (Å²) in [6, 6.07) is 6.71. The van der Waals surface area contributed by atoms with Crippen LogP contribution in [0.2, 0.25) is 0 Å². The molecular formula is C12H15NO2S. The highest BCUT2D eigenvalue weighted by atomic mass is 32.2. The van der Waals surface area contributed by atoms with Gasteiger partial charge in [-0.1, -0.05) is 6.92 Å². The molecule has 0 aromatic heterocycles. The first-order valence-electron chi connectivity index (χ1n) is 5.10. The maximum Gasteiger partial charge on any atom is 0.178 e. The predicted octanol–water partition coefficient (Wildman–Crippen LogP) is 1.92. The lowest BCUT2D eigenvalue weighted by Gasteiger charge is -2.05. The van der Waals surface area contributed by atoms with E-state index in [0.717, 1.165) is 5.69 Å². The van der Waals surface area contributed by atoms with Gasteiger partial charge < -0.3 is 5.32 Å². The summed E-state index contributed by atoms with van der Waals surface area (Å²) in [5, 5.41) is 3.10. The molecule has 0 heterocycles. The summed E-state index contributed by atoms with van der Waals surface area (Å²) in [6.45, 7) is 2.32. The van der Waals surface area contributed by atoms with Crippen LogP contribution in [-0.4, -0.2) is 20.7 Å². The van der Waals surface area contributed by atoms with E-state index in [1.807, 2.05) is 0 Å². The summed E-state index contributed by atoms with van der Waals surface area (Å²) in [5.41, 5.74) is 0.880. The van der Waals surface area contributed by atoms with Crippen LogP contribution in [0.5, 0.6) is 0 Å². The van der Waals surface area contributed by atoms with Gasteiger partial charge in [-0.05, 0) is 24.3 Å². The number of rotatable bonds is 5. The molecule has 0 aliphatic carbocycles. The highest BCUT2D eigenvalue weighted by Crippen LogP contribution is 2.15. The molecule has 1 aromatic rings. The number of hydrogen-bond acceptors (Lipinski definition) is 3. The lowest BCUT2D eigenvalue weighted by atomic mass is 10.3. The molecule has 0 atom stereocenters. The van der Waals surface area contributed by atoms with Gasteiger partial charge in [0.25, 0.3) is 0 Å². The van der Waals surface area contributed by atoms with Crippen molar-refractivity contribution in [2.24, 2.45) is 0 Å². The fraction of sp³-hybridized carbons (Fsp3) is 0.333. The number of terminal acetylenes is 1. The van der Waals surface area contributed by atoms with Gasteiger partial charge in [0, 0.05) is 18.7 Å². The van der Waals surface area contributed by atoms with Crippen LogP contribution in [0.25, 0.3) is 0 Å². The molecule has 1 aromatic carbocycles. The molecule has 0 radical (unpaired) electrons. The van der Waals surface area contributed by atoms with E-state index in [-0.39, 0.29) is 5.75 Å². The van der Waals surface area contributed by atoms with Gasteiger partial charge >= 0.3 is 0 Å². The largest absolute Gasteiger partial charge is 0.384 e. The summed E-state index contributed by atoms with van der Waals surface area (Å²) in [5.74, 6) is 2.65. The maximum absolute atomic E-state index is 11.5. The number of nitrogens with one attached hydrogen (secondary N) is 1. The van der Waals surface area contributed by atoms with Crippen LogP contribution in [-0.2, 0) is 9.84 Å². The van der Waals surface area contributed by atoms with Gasteiger partial charge in [0.2, 0.25) is 0 Å². The average molecular weight is 237 g/mol. The Labute approximate surface area is 96.8 Å². The van der Waals surface area contributed by atoms with Crippen molar-refractivity contribution in [1.29, 1.82) is 0 Å². The molecule has 0 saturated carbocycles. The van der Waals surface area contributed by atoms with Gasteiger partial charge in [0.15, 0.2) is 9.84 Å². The summed E-state index contributed by atoms with van der Waals surface area (Å²) in [6.07, 6.45) is 5.77. The highest BCUT2D eigenvalue weighted by molar-refractivity contribution is 7.91. The van der Waals surface area contributed by atoms with E-state index < -0.39 is 9.84 Å². The van der Waals surface area contributed by atoms with Crippen molar-refractivity contribution >= 4 is 15.5 Å². The van der Waals surface area contributed by atoms with Crippen LogP contribution in [0.4, 0.5) is 5.69 Å². The first-order chi connectivity index (χ1) is 7.60. The lowest BCUT2D eigenvalue weighted by molar-refractivity contribution is 0.597. The fourth-order valence-corrected chi connectivity index (χ4v) is 2.11. The second-order valence-electron chi connectivity index (χ2n) is 3.31. The van der Waals surface area contributed by atoms with E-state index in [1.54, 1.807) is 31.2 Å². The van der Waals surface area contributed by atoms with E-state index >= 15 is 0 Å². The highest BCUT2D eigenvalue weighted by Gasteiger charge is 2.10. The summed E-state index contributed by atoms with van der Waals surface area (Å²) in [4.78, 5) is 0.359. The van der Waals surface area contributed by atoms with Crippen LogP contribution in [0, 0.1) is 12.3 Å². The molecule has 0 aliphatic heterocycles. The SMILES string of the molecule is C#CCCNc1ccc(S(=O)(=O)CC)cc1. The number of benzene rings is 1. The number of hydrogen-bond donors (Lipinski definition) is 1. The molecule has 1 N–H and O–H groups in total. The lowest BCUT2D eigenvalue weighted by Crippen LogP contribution is -2.04. The molecule has 1 rings (SSSR count). The third kappa shape index (κ3) is 3.28. The van der Waals surface area contributed by atoms with Gasteiger partial charge in [0.05, 0.1) is 10.6 Å². The summed E-state index contributed by atoms with van der Waals surface area (Å²) in [7, 11) is -3.10. The molecule has 0 unspecified atom stereocenters. The average Bonchev–Trinajstić information content (AvgIpc) is 2.30. The zero-order valence-electron chi connectivity index (χ0n) is 9.23. The molecule has 16 heavy (non-hydrogen) atoms. The Kier molecular flexibility index (Phi) is 4.39. The van der Waals surface area contributed by atoms with Gasteiger partial charge in [-0.2, -0.15) is 0 Å². The van der Waals surface area contributed by atoms with Crippen LogP contribution >= 0.6 is 0 Å². The molecule has 0 aliphatic rings. The molecular weight excluding hydrogens is 222 g/mol. The Bertz CT molecular complexity index is 469. The van der Waals surface area contributed by atoms with Crippen LogP contribution < -0.4 is 5.32 Å². The second kappa shape index (κ2) is 5.57. The Balaban J connectivity index is 2.73. The molecule has 4 heteroatoms. The van der Waals surface area contributed by atoms with E-state index in [2.05, 4.69) is 11.2 Å². The topological polar surface area (TPSA) is 46.2 Å². The molecule has 3 nitrogen and oxygen atoms in total. The Morgan fingerprint density at radius 2 is 1.94 bits per heavy atom. The standard InChI is InChI=1S/C12H15NO2S/c1-3-5-10-13-11-6-8-12(9-7-11)16(14,15)4-2/h1,6-9,13H,4-5,10H2,2H3. The van der Waals surface area contributed by atoms with E-state index in [1.165, 1.54) is 0 Å². The van der Waals surface area contributed by atoms with Crippen LogP contribution in [0.1, 0.15) is 13.3 Å². The first kappa shape index (κ1) is 12.6. The van der Waals surface area contributed by atoms with Crippen molar-refractivity contribution in [2.45, 2.75) is 18.2 Å². The van der Waals surface area contributed by atoms with Crippen molar-refractivity contribution in [3.8, 4) is 12.3 Å². The van der Waals surface area contributed by atoms with Crippen LogP contribution in [0.15, 0.2) is 29.2 Å². The Hall–Kier alpha value is -1.47. The third-order valence-corrected chi connectivity index (χ3v) is 3.94. The maximum atomic E-state index is 11.5. The molecule has 0 spiro atoms. The van der Waals surface area contributed by atoms with Gasteiger partial charge in [0.1, 0.15) is 0 Å². The fourth-order valence-electron chi connectivity index (χ4n) is 1.23. The van der Waals surface area contributed by atoms with Crippen molar-refractivity contribution in [3.05, 3.63) is 24.3 Å².